The van der Waals surface area contributed by atoms with Gasteiger partial charge in [0.25, 0.3) is 0 Å². The Bertz CT molecular complexity index is 80.2. The van der Waals surface area contributed by atoms with E-state index in [1.165, 1.54) is 12.8 Å². The third kappa shape index (κ3) is 0.480. The maximum Gasteiger partial charge on any atom is 0.0102 e. The number of nitrogens with one attached hydrogen (secondary N) is 1. The van der Waals surface area contributed by atoms with Crippen molar-refractivity contribution < 1.29 is 0 Å². The van der Waals surface area contributed by atoms with Gasteiger partial charge in [-0.2, -0.15) is 0 Å². The first-order valence-electron chi connectivity index (χ1n) is 3.12. The minimum absolute atomic E-state index is 0.823. The highest BCUT2D eigenvalue weighted by Gasteiger charge is 2.43. The summed E-state index contributed by atoms with van der Waals surface area (Å²) in [6.07, 6.45) is 2.90. The number of hydrogen-bond donors (Lipinski definition) is 1. The molecule has 2 aliphatic rings. The first kappa shape index (κ1) is 3.90. The fraction of sp³-hybridized carbons (Fsp3) is 1.00. The highest BCUT2D eigenvalue weighted by molar-refractivity contribution is 5.01. The molecule has 2 rings (SSSR count). The van der Waals surface area contributed by atoms with E-state index in [4.69, 9.17) is 0 Å². The highest BCUT2D eigenvalue weighted by Crippen LogP contribution is 2.40. The fourth-order valence-corrected chi connectivity index (χ4v) is 1.60. The van der Waals surface area contributed by atoms with Crippen molar-refractivity contribution in [3.8, 4) is 0 Å². The second-order valence-electron chi connectivity index (χ2n) is 2.91. The Morgan fingerprint density at radius 1 is 1.43 bits per heavy atom. The summed E-state index contributed by atoms with van der Waals surface area (Å²) in [5.41, 5.74) is 0. The van der Waals surface area contributed by atoms with Crippen LogP contribution in [0.15, 0.2) is 0 Å². The van der Waals surface area contributed by atoms with Crippen molar-refractivity contribution in [2.45, 2.75) is 31.8 Å². The van der Waals surface area contributed by atoms with Crippen LogP contribution in [-0.4, -0.2) is 12.1 Å². The highest BCUT2D eigenvalue weighted by atomic mass is 15.0. The summed E-state index contributed by atoms with van der Waals surface area (Å²) in [7, 11) is 0. The molecule has 0 aromatic carbocycles. The molecule has 0 radical (unpaired) electrons. The van der Waals surface area contributed by atoms with Crippen LogP contribution in [0, 0.1) is 5.92 Å². The summed E-state index contributed by atoms with van der Waals surface area (Å²) in [5, 5.41) is 3.49. The SMILES string of the molecule is C[C@@H]1CC2CC2N1. The Hall–Kier alpha value is -0.0400. The van der Waals surface area contributed by atoms with Gasteiger partial charge in [0.15, 0.2) is 0 Å². The zero-order valence-electron chi connectivity index (χ0n) is 4.65. The Labute approximate surface area is 44.1 Å². The van der Waals surface area contributed by atoms with Gasteiger partial charge in [-0.3, -0.25) is 0 Å². The van der Waals surface area contributed by atoms with Gasteiger partial charge in [0.05, 0.1) is 0 Å². The van der Waals surface area contributed by atoms with E-state index in [0.29, 0.717) is 0 Å². The van der Waals surface area contributed by atoms with Gasteiger partial charge in [-0.25, -0.2) is 0 Å². The van der Waals surface area contributed by atoms with Gasteiger partial charge in [0, 0.05) is 12.1 Å². The van der Waals surface area contributed by atoms with Crippen LogP contribution in [0.3, 0.4) is 0 Å². The molecular formula is C6H11N. The number of fused-ring (bicyclic) bond motifs is 1. The van der Waals surface area contributed by atoms with Gasteiger partial charge < -0.3 is 5.32 Å². The predicted octanol–water partition coefficient (Wildman–Crippen LogP) is 0.757. The average Bonchev–Trinajstić information content (AvgIpc) is 2.15. The molecule has 1 nitrogen and oxygen atoms in total. The van der Waals surface area contributed by atoms with Gasteiger partial charge >= 0.3 is 0 Å². The molecule has 1 N–H and O–H groups in total. The second kappa shape index (κ2) is 1.03. The van der Waals surface area contributed by atoms with Crippen LogP contribution in [-0.2, 0) is 0 Å². The summed E-state index contributed by atoms with van der Waals surface area (Å²) < 4.78 is 0. The van der Waals surface area contributed by atoms with Crippen molar-refractivity contribution >= 4 is 0 Å². The van der Waals surface area contributed by atoms with Crippen molar-refractivity contribution in [1.29, 1.82) is 0 Å². The summed E-state index contributed by atoms with van der Waals surface area (Å²) in [6.45, 7) is 2.27. The van der Waals surface area contributed by atoms with Crippen LogP contribution >= 0.6 is 0 Å². The summed E-state index contributed by atoms with van der Waals surface area (Å²) in [6, 6.07) is 1.76. The van der Waals surface area contributed by atoms with Gasteiger partial charge in [-0.05, 0) is 25.7 Å². The van der Waals surface area contributed by atoms with E-state index in [-0.39, 0.29) is 0 Å². The Balaban J connectivity index is 2.02. The summed E-state index contributed by atoms with van der Waals surface area (Å²) in [4.78, 5) is 0. The molecule has 1 heterocycles. The van der Waals surface area contributed by atoms with E-state index in [9.17, 15) is 0 Å². The average molecular weight is 97.2 g/mol. The van der Waals surface area contributed by atoms with Crippen molar-refractivity contribution in [2.24, 2.45) is 5.92 Å². The Morgan fingerprint density at radius 3 is 2.57 bits per heavy atom. The van der Waals surface area contributed by atoms with Crippen LogP contribution in [0.2, 0.25) is 0 Å². The monoisotopic (exact) mass is 97.1 g/mol. The third-order valence-corrected chi connectivity index (χ3v) is 2.08. The molecule has 40 valence electrons. The fourth-order valence-electron chi connectivity index (χ4n) is 1.60. The number of rotatable bonds is 0. The van der Waals surface area contributed by atoms with E-state index in [2.05, 4.69) is 12.2 Å². The molecule has 1 heteroatoms. The molecule has 1 saturated heterocycles. The first-order valence-corrected chi connectivity index (χ1v) is 3.12. The molecule has 3 atom stereocenters. The molecule has 0 aromatic heterocycles. The van der Waals surface area contributed by atoms with Crippen molar-refractivity contribution in [2.75, 3.05) is 0 Å². The largest absolute Gasteiger partial charge is 0.311 e. The molecule has 0 amide bonds. The molecule has 2 unspecified atom stereocenters. The van der Waals surface area contributed by atoms with E-state index >= 15 is 0 Å². The standard InChI is InChI=1S/C6H11N/c1-4-2-5-3-6(5)7-4/h4-7H,2-3H2,1H3/t4-,5?,6?/m1/s1. The third-order valence-electron chi connectivity index (χ3n) is 2.08. The molecule has 1 aliphatic heterocycles. The lowest BCUT2D eigenvalue weighted by Gasteiger charge is -2.01. The van der Waals surface area contributed by atoms with E-state index in [1.54, 1.807) is 0 Å². The van der Waals surface area contributed by atoms with E-state index < -0.39 is 0 Å². The Kier molecular flexibility index (Phi) is 0.571. The first-order chi connectivity index (χ1) is 3.36. The zero-order chi connectivity index (χ0) is 4.85. The summed E-state index contributed by atoms with van der Waals surface area (Å²) in [5.74, 6) is 1.08. The Morgan fingerprint density at radius 2 is 2.29 bits per heavy atom. The lowest BCUT2D eigenvalue weighted by atomic mass is 10.2. The van der Waals surface area contributed by atoms with Gasteiger partial charge in [0.2, 0.25) is 0 Å². The summed E-state index contributed by atoms with van der Waals surface area (Å²) >= 11 is 0. The zero-order valence-corrected chi connectivity index (χ0v) is 4.65. The molecule has 1 saturated carbocycles. The quantitative estimate of drug-likeness (QED) is 0.470. The van der Waals surface area contributed by atoms with Crippen LogP contribution in [0.5, 0.6) is 0 Å². The molecule has 0 spiro atoms. The molecule has 2 fully saturated rings. The van der Waals surface area contributed by atoms with Gasteiger partial charge in [-0.15, -0.1) is 0 Å². The molecule has 1 aliphatic carbocycles. The van der Waals surface area contributed by atoms with Gasteiger partial charge in [-0.1, -0.05) is 0 Å². The molecule has 7 heavy (non-hydrogen) atoms. The number of piperidine rings is 1. The minimum atomic E-state index is 0.823. The van der Waals surface area contributed by atoms with Crippen LogP contribution < -0.4 is 5.32 Å². The smallest absolute Gasteiger partial charge is 0.0102 e. The normalized spacial score (nSPS) is 57.0. The van der Waals surface area contributed by atoms with Crippen LogP contribution in [0.25, 0.3) is 0 Å². The lowest BCUT2D eigenvalue weighted by molar-refractivity contribution is 0.584. The lowest BCUT2D eigenvalue weighted by Crippen LogP contribution is -2.21. The van der Waals surface area contributed by atoms with Crippen molar-refractivity contribution in [3.63, 3.8) is 0 Å². The topological polar surface area (TPSA) is 12.0 Å². The van der Waals surface area contributed by atoms with Gasteiger partial charge in [0.1, 0.15) is 0 Å². The molecular weight excluding hydrogens is 86.1 g/mol. The second-order valence-corrected chi connectivity index (χ2v) is 2.91. The van der Waals surface area contributed by atoms with Crippen LogP contribution in [0.1, 0.15) is 19.8 Å². The minimum Gasteiger partial charge on any atom is -0.311 e. The predicted molar refractivity (Wildman–Crippen MR) is 29.1 cm³/mol. The van der Waals surface area contributed by atoms with Crippen molar-refractivity contribution in [1.82, 2.24) is 5.32 Å². The van der Waals surface area contributed by atoms with Crippen LogP contribution in [0.4, 0.5) is 0 Å². The molecule has 0 aromatic rings. The maximum absolute atomic E-state index is 3.49. The number of hydrogen-bond acceptors (Lipinski definition) is 1. The van der Waals surface area contributed by atoms with E-state index in [0.717, 1.165) is 18.0 Å². The maximum atomic E-state index is 3.49. The molecule has 0 bridgehead atoms. The van der Waals surface area contributed by atoms with Crippen molar-refractivity contribution in [3.05, 3.63) is 0 Å². The van der Waals surface area contributed by atoms with E-state index in [1.807, 2.05) is 0 Å².